The molecule has 0 heterocycles. The van der Waals surface area contributed by atoms with Crippen molar-refractivity contribution in [3.63, 3.8) is 0 Å². The first-order valence-corrected chi connectivity index (χ1v) is 6.46. The summed E-state index contributed by atoms with van der Waals surface area (Å²) in [4.78, 5) is 2.33. The SMILES string of the molecule is CCC(C)(C)N(C)C1Cc2ccccc2C1O. The van der Waals surface area contributed by atoms with Gasteiger partial charge in [0.25, 0.3) is 0 Å². The van der Waals surface area contributed by atoms with Crippen molar-refractivity contribution in [3.05, 3.63) is 35.4 Å². The second-order valence-electron chi connectivity index (χ2n) is 5.69. The van der Waals surface area contributed by atoms with Crippen LogP contribution in [0.2, 0.25) is 0 Å². The first-order valence-electron chi connectivity index (χ1n) is 6.46. The summed E-state index contributed by atoms with van der Waals surface area (Å²) in [5.74, 6) is 0. The highest BCUT2D eigenvalue weighted by atomic mass is 16.3. The van der Waals surface area contributed by atoms with Gasteiger partial charge >= 0.3 is 0 Å². The number of fused-ring (bicyclic) bond motifs is 1. The maximum absolute atomic E-state index is 10.4. The van der Waals surface area contributed by atoms with Gasteiger partial charge in [0, 0.05) is 11.6 Å². The van der Waals surface area contributed by atoms with Crippen LogP contribution in [0.4, 0.5) is 0 Å². The van der Waals surface area contributed by atoms with Crippen LogP contribution >= 0.6 is 0 Å². The van der Waals surface area contributed by atoms with Crippen LogP contribution in [-0.2, 0) is 6.42 Å². The van der Waals surface area contributed by atoms with Gasteiger partial charge in [0.1, 0.15) is 0 Å². The zero-order valence-electron chi connectivity index (χ0n) is 11.3. The molecule has 2 nitrogen and oxygen atoms in total. The van der Waals surface area contributed by atoms with Crippen LogP contribution in [0.5, 0.6) is 0 Å². The molecule has 0 amide bonds. The van der Waals surface area contributed by atoms with Crippen molar-refractivity contribution in [2.24, 2.45) is 0 Å². The van der Waals surface area contributed by atoms with Crippen LogP contribution in [0.1, 0.15) is 44.4 Å². The lowest BCUT2D eigenvalue weighted by atomic mass is 9.96. The van der Waals surface area contributed by atoms with E-state index in [-0.39, 0.29) is 17.7 Å². The fraction of sp³-hybridized carbons (Fsp3) is 0.600. The lowest BCUT2D eigenvalue weighted by Gasteiger charge is -2.40. The molecule has 17 heavy (non-hydrogen) atoms. The minimum atomic E-state index is -0.345. The van der Waals surface area contributed by atoms with Gasteiger partial charge in [-0.3, -0.25) is 4.90 Å². The van der Waals surface area contributed by atoms with E-state index in [0.717, 1.165) is 18.4 Å². The van der Waals surface area contributed by atoms with E-state index in [4.69, 9.17) is 0 Å². The maximum Gasteiger partial charge on any atom is 0.0951 e. The van der Waals surface area contributed by atoms with E-state index in [0.29, 0.717) is 0 Å². The highest BCUT2D eigenvalue weighted by molar-refractivity contribution is 5.36. The largest absolute Gasteiger partial charge is 0.387 e. The highest BCUT2D eigenvalue weighted by Crippen LogP contribution is 2.36. The second kappa shape index (κ2) is 4.43. The molecule has 1 aromatic rings. The van der Waals surface area contributed by atoms with Gasteiger partial charge in [-0.1, -0.05) is 31.2 Å². The summed E-state index contributed by atoms with van der Waals surface area (Å²) in [6.07, 6.45) is 1.70. The molecule has 0 aromatic heterocycles. The van der Waals surface area contributed by atoms with E-state index in [1.54, 1.807) is 0 Å². The van der Waals surface area contributed by atoms with E-state index >= 15 is 0 Å². The summed E-state index contributed by atoms with van der Waals surface area (Å²) in [6, 6.07) is 8.45. The summed E-state index contributed by atoms with van der Waals surface area (Å²) in [5, 5.41) is 10.4. The number of benzene rings is 1. The Bertz CT molecular complexity index is 400. The number of rotatable bonds is 3. The molecule has 2 unspecified atom stereocenters. The third kappa shape index (κ3) is 2.12. The van der Waals surface area contributed by atoms with Crippen molar-refractivity contribution in [3.8, 4) is 0 Å². The van der Waals surface area contributed by atoms with E-state index in [1.807, 2.05) is 12.1 Å². The van der Waals surface area contributed by atoms with Gasteiger partial charge in [-0.05, 0) is 44.9 Å². The van der Waals surface area contributed by atoms with Gasteiger partial charge in [-0.2, -0.15) is 0 Å². The minimum absolute atomic E-state index is 0.133. The Morgan fingerprint density at radius 2 is 2.00 bits per heavy atom. The van der Waals surface area contributed by atoms with Gasteiger partial charge in [-0.15, -0.1) is 0 Å². The summed E-state index contributed by atoms with van der Waals surface area (Å²) >= 11 is 0. The molecular weight excluding hydrogens is 210 g/mol. The van der Waals surface area contributed by atoms with Crippen LogP contribution in [0.15, 0.2) is 24.3 Å². The monoisotopic (exact) mass is 233 g/mol. The van der Waals surface area contributed by atoms with Gasteiger partial charge in [-0.25, -0.2) is 0 Å². The van der Waals surface area contributed by atoms with Crippen LogP contribution in [0.25, 0.3) is 0 Å². The lowest BCUT2D eigenvalue weighted by Crippen LogP contribution is -2.48. The molecule has 1 aliphatic carbocycles. The third-order valence-corrected chi connectivity index (χ3v) is 4.48. The predicted octanol–water partition coefficient (Wildman–Crippen LogP) is 2.77. The smallest absolute Gasteiger partial charge is 0.0951 e. The Morgan fingerprint density at radius 3 is 2.59 bits per heavy atom. The lowest BCUT2D eigenvalue weighted by molar-refractivity contribution is 0.0179. The molecule has 0 spiro atoms. The van der Waals surface area contributed by atoms with Crippen molar-refractivity contribution in [1.29, 1.82) is 0 Å². The molecule has 0 aliphatic heterocycles. The summed E-state index contributed by atoms with van der Waals surface area (Å²) in [6.45, 7) is 6.68. The maximum atomic E-state index is 10.4. The van der Waals surface area contributed by atoms with Crippen molar-refractivity contribution >= 4 is 0 Å². The molecule has 0 saturated heterocycles. The molecule has 1 aliphatic rings. The zero-order chi connectivity index (χ0) is 12.6. The Balaban J connectivity index is 2.23. The fourth-order valence-electron chi connectivity index (χ4n) is 2.60. The number of hydrogen-bond donors (Lipinski definition) is 1. The van der Waals surface area contributed by atoms with E-state index in [1.165, 1.54) is 5.56 Å². The normalized spacial score (nSPS) is 24.1. The van der Waals surface area contributed by atoms with Crippen molar-refractivity contribution in [2.75, 3.05) is 7.05 Å². The number of aliphatic hydroxyl groups is 1. The molecule has 1 aromatic carbocycles. The van der Waals surface area contributed by atoms with Crippen LogP contribution in [-0.4, -0.2) is 28.6 Å². The van der Waals surface area contributed by atoms with Gasteiger partial charge in [0.05, 0.1) is 6.10 Å². The van der Waals surface area contributed by atoms with E-state index in [2.05, 4.69) is 44.9 Å². The summed E-state index contributed by atoms with van der Waals surface area (Å²) < 4.78 is 0. The molecular formula is C15H23NO. The minimum Gasteiger partial charge on any atom is -0.387 e. The standard InChI is InChI=1S/C15H23NO/c1-5-15(2,3)16(4)13-10-11-8-6-7-9-12(11)14(13)17/h6-9,13-14,17H,5,10H2,1-4H3. The quantitative estimate of drug-likeness (QED) is 0.867. The Hall–Kier alpha value is -0.860. The second-order valence-corrected chi connectivity index (χ2v) is 5.69. The molecule has 0 bridgehead atoms. The summed E-state index contributed by atoms with van der Waals surface area (Å²) in [7, 11) is 2.13. The molecule has 0 radical (unpaired) electrons. The van der Waals surface area contributed by atoms with Gasteiger partial charge in [0.15, 0.2) is 0 Å². The Morgan fingerprint density at radius 1 is 1.35 bits per heavy atom. The zero-order valence-corrected chi connectivity index (χ0v) is 11.3. The van der Waals surface area contributed by atoms with E-state index in [9.17, 15) is 5.11 Å². The number of likely N-dealkylation sites (N-methyl/N-ethyl adjacent to an activating group) is 1. The van der Waals surface area contributed by atoms with E-state index < -0.39 is 0 Å². The van der Waals surface area contributed by atoms with Gasteiger partial charge < -0.3 is 5.11 Å². The highest BCUT2D eigenvalue weighted by Gasteiger charge is 2.38. The van der Waals surface area contributed by atoms with Gasteiger partial charge in [0.2, 0.25) is 0 Å². The number of nitrogens with zero attached hydrogens (tertiary/aromatic N) is 1. The Kier molecular flexibility index (Phi) is 3.28. The van der Waals surface area contributed by atoms with Crippen molar-refractivity contribution in [1.82, 2.24) is 4.90 Å². The first kappa shape index (κ1) is 12.6. The molecule has 2 heteroatoms. The molecule has 2 rings (SSSR count). The van der Waals surface area contributed by atoms with Crippen LogP contribution in [0, 0.1) is 0 Å². The Labute approximate surface area is 104 Å². The topological polar surface area (TPSA) is 23.5 Å². The van der Waals surface area contributed by atoms with Crippen molar-refractivity contribution < 1.29 is 5.11 Å². The van der Waals surface area contributed by atoms with Crippen LogP contribution in [0.3, 0.4) is 0 Å². The summed E-state index contributed by atoms with van der Waals surface area (Å²) in [5.41, 5.74) is 2.54. The molecule has 0 fully saturated rings. The number of aliphatic hydroxyl groups excluding tert-OH is 1. The third-order valence-electron chi connectivity index (χ3n) is 4.48. The number of hydrogen-bond acceptors (Lipinski definition) is 2. The average molecular weight is 233 g/mol. The predicted molar refractivity (Wildman–Crippen MR) is 71.0 cm³/mol. The van der Waals surface area contributed by atoms with Crippen LogP contribution < -0.4 is 0 Å². The first-order chi connectivity index (χ1) is 7.97. The average Bonchev–Trinajstić information content (AvgIpc) is 2.66. The molecule has 0 saturated carbocycles. The fourth-order valence-corrected chi connectivity index (χ4v) is 2.60. The van der Waals surface area contributed by atoms with Crippen molar-refractivity contribution in [2.45, 2.75) is 51.3 Å². The molecule has 1 N–H and O–H groups in total. The molecule has 2 atom stereocenters. The molecule has 94 valence electrons.